The molecule has 2 aromatic rings. The van der Waals surface area contributed by atoms with Gasteiger partial charge in [0.2, 0.25) is 0 Å². The molecule has 0 radical (unpaired) electrons. The summed E-state index contributed by atoms with van der Waals surface area (Å²) in [4.78, 5) is 0. The van der Waals surface area contributed by atoms with Gasteiger partial charge in [0.1, 0.15) is 17.4 Å². The van der Waals surface area contributed by atoms with Gasteiger partial charge < -0.3 is 14.3 Å². The number of benzene rings is 1. The Hall–Kier alpha value is -1.32. The molecule has 1 aromatic carbocycles. The van der Waals surface area contributed by atoms with Crippen molar-refractivity contribution in [2.45, 2.75) is 44.8 Å². The first-order chi connectivity index (χ1) is 9.24. The minimum absolute atomic E-state index is 0.320. The summed E-state index contributed by atoms with van der Waals surface area (Å²) in [6.07, 6.45) is 3.65. The Morgan fingerprint density at radius 1 is 1.42 bits per heavy atom. The van der Waals surface area contributed by atoms with Crippen molar-refractivity contribution in [2.24, 2.45) is 0 Å². The van der Waals surface area contributed by atoms with E-state index in [2.05, 4.69) is 0 Å². The quantitative estimate of drug-likeness (QED) is 0.910. The van der Waals surface area contributed by atoms with Crippen LogP contribution in [0.5, 0.6) is 0 Å². The van der Waals surface area contributed by atoms with Crippen LogP contribution in [0.1, 0.15) is 43.1 Å². The van der Waals surface area contributed by atoms with Crippen LogP contribution in [0, 0.1) is 6.92 Å². The second kappa shape index (κ2) is 5.35. The number of rotatable bonds is 4. The van der Waals surface area contributed by atoms with Crippen molar-refractivity contribution in [3.8, 4) is 0 Å². The number of para-hydroxylation sites is 1. The molecule has 1 saturated heterocycles. The van der Waals surface area contributed by atoms with Crippen molar-refractivity contribution in [1.82, 2.24) is 0 Å². The van der Waals surface area contributed by atoms with E-state index < -0.39 is 6.10 Å². The Balaban J connectivity index is 1.70. The van der Waals surface area contributed by atoms with Crippen molar-refractivity contribution < 1.29 is 14.3 Å². The molecular formula is C16H20O3. The lowest BCUT2D eigenvalue weighted by atomic mass is 10.1. The van der Waals surface area contributed by atoms with E-state index in [4.69, 9.17) is 9.15 Å². The molecule has 0 bridgehead atoms. The van der Waals surface area contributed by atoms with Crippen LogP contribution in [-0.4, -0.2) is 17.8 Å². The maximum absolute atomic E-state index is 10.2. The summed E-state index contributed by atoms with van der Waals surface area (Å²) in [7, 11) is 0. The summed E-state index contributed by atoms with van der Waals surface area (Å²) in [6.45, 7) is 2.89. The van der Waals surface area contributed by atoms with Gasteiger partial charge in [0, 0.05) is 12.0 Å². The molecule has 1 N–H and O–H groups in total. The topological polar surface area (TPSA) is 42.6 Å². The van der Waals surface area contributed by atoms with E-state index in [1.807, 2.05) is 31.2 Å². The van der Waals surface area contributed by atoms with Crippen molar-refractivity contribution in [2.75, 3.05) is 6.61 Å². The highest BCUT2D eigenvalue weighted by molar-refractivity contribution is 5.80. The third kappa shape index (κ3) is 2.67. The molecule has 1 fully saturated rings. The number of aliphatic hydroxyl groups is 1. The lowest BCUT2D eigenvalue weighted by Crippen LogP contribution is -2.07. The summed E-state index contributed by atoms with van der Waals surface area (Å²) in [5, 5.41) is 11.3. The Morgan fingerprint density at radius 3 is 3.05 bits per heavy atom. The fourth-order valence-corrected chi connectivity index (χ4v) is 2.75. The molecule has 3 rings (SSSR count). The van der Waals surface area contributed by atoms with Gasteiger partial charge in [-0.15, -0.1) is 0 Å². The molecule has 0 aliphatic carbocycles. The van der Waals surface area contributed by atoms with Gasteiger partial charge in [0.05, 0.1) is 6.10 Å². The average molecular weight is 260 g/mol. The molecule has 3 heteroatoms. The molecule has 2 atom stereocenters. The third-order valence-corrected chi connectivity index (χ3v) is 3.87. The van der Waals surface area contributed by atoms with E-state index >= 15 is 0 Å². The van der Waals surface area contributed by atoms with Crippen LogP contribution in [0.25, 0.3) is 11.0 Å². The maximum Gasteiger partial charge on any atom is 0.137 e. The molecule has 0 saturated carbocycles. The van der Waals surface area contributed by atoms with Crippen molar-refractivity contribution in [1.29, 1.82) is 0 Å². The van der Waals surface area contributed by atoms with Gasteiger partial charge in [-0.2, -0.15) is 0 Å². The van der Waals surface area contributed by atoms with Crippen LogP contribution >= 0.6 is 0 Å². The highest BCUT2D eigenvalue weighted by Crippen LogP contribution is 2.29. The smallest absolute Gasteiger partial charge is 0.137 e. The van der Waals surface area contributed by atoms with Gasteiger partial charge >= 0.3 is 0 Å². The van der Waals surface area contributed by atoms with Crippen molar-refractivity contribution in [3.05, 3.63) is 35.6 Å². The van der Waals surface area contributed by atoms with Crippen molar-refractivity contribution >= 4 is 11.0 Å². The Labute approximate surface area is 113 Å². The van der Waals surface area contributed by atoms with Crippen LogP contribution in [0.15, 0.2) is 28.7 Å². The summed E-state index contributed by atoms with van der Waals surface area (Å²) in [6, 6.07) is 7.99. The summed E-state index contributed by atoms with van der Waals surface area (Å²) in [5.74, 6) is 0.669. The minimum atomic E-state index is -0.531. The highest BCUT2D eigenvalue weighted by Gasteiger charge is 2.19. The zero-order chi connectivity index (χ0) is 13.2. The standard InChI is InChI=1S/C16H20O3/c1-11-4-2-5-12-10-15(19-16(11)12)14(17)8-7-13-6-3-9-18-13/h2,4-5,10,13-14,17H,3,6-9H2,1H3. The minimum Gasteiger partial charge on any atom is -0.458 e. The largest absolute Gasteiger partial charge is 0.458 e. The van der Waals surface area contributed by atoms with E-state index in [1.165, 1.54) is 0 Å². The Morgan fingerprint density at radius 2 is 2.32 bits per heavy atom. The zero-order valence-corrected chi connectivity index (χ0v) is 11.3. The molecule has 0 amide bonds. The molecule has 1 aliphatic heterocycles. The van der Waals surface area contributed by atoms with E-state index in [9.17, 15) is 5.11 Å². The SMILES string of the molecule is Cc1cccc2cc(C(O)CCC3CCCO3)oc12. The first-order valence-electron chi connectivity index (χ1n) is 7.03. The number of hydrogen-bond acceptors (Lipinski definition) is 3. The van der Waals surface area contributed by atoms with Crippen LogP contribution in [0.4, 0.5) is 0 Å². The molecular weight excluding hydrogens is 240 g/mol. The van der Waals surface area contributed by atoms with Gasteiger partial charge in [-0.05, 0) is 44.2 Å². The first-order valence-corrected chi connectivity index (χ1v) is 7.03. The van der Waals surface area contributed by atoms with Gasteiger partial charge in [-0.25, -0.2) is 0 Å². The fraction of sp³-hybridized carbons (Fsp3) is 0.500. The molecule has 1 aromatic heterocycles. The highest BCUT2D eigenvalue weighted by atomic mass is 16.5. The number of furan rings is 1. The third-order valence-electron chi connectivity index (χ3n) is 3.87. The van der Waals surface area contributed by atoms with E-state index in [0.717, 1.165) is 42.4 Å². The summed E-state index contributed by atoms with van der Waals surface area (Å²) < 4.78 is 11.4. The molecule has 2 unspecified atom stereocenters. The number of hydrogen-bond donors (Lipinski definition) is 1. The van der Waals surface area contributed by atoms with E-state index in [0.29, 0.717) is 18.3 Å². The average Bonchev–Trinajstić information content (AvgIpc) is 3.05. The van der Waals surface area contributed by atoms with E-state index in [1.54, 1.807) is 0 Å². The summed E-state index contributed by atoms with van der Waals surface area (Å²) >= 11 is 0. The molecule has 102 valence electrons. The van der Waals surface area contributed by atoms with Crippen LogP contribution in [-0.2, 0) is 4.74 Å². The molecule has 2 heterocycles. The monoisotopic (exact) mass is 260 g/mol. The molecule has 1 aliphatic rings. The second-order valence-corrected chi connectivity index (χ2v) is 5.37. The van der Waals surface area contributed by atoms with Crippen LogP contribution < -0.4 is 0 Å². The van der Waals surface area contributed by atoms with Gasteiger partial charge in [0.25, 0.3) is 0 Å². The summed E-state index contributed by atoms with van der Waals surface area (Å²) in [5.41, 5.74) is 1.99. The normalized spacial score (nSPS) is 21.1. The van der Waals surface area contributed by atoms with E-state index in [-0.39, 0.29) is 0 Å². The van der Waals surface area contributed by atoms with Crippen molar-refractivity contribution in [3.63, 3.8) is 0 Å². The lowest BCUT2D eigenvalue weighted by Gasteiger charge is -2.11. The first kappa shape index (κ1) is 12.7. The Bertz CT molecular complexity index is 552. The van der Waals surface area contributed by atoms with Gasteiger partial charge in [0.15, 0.2) is 0 Å². The maximum atomic E-state index is 10.2. The number of ether oxygens (including phenoxy) is 1. The van der Waals surface area contributed by atoms with Gasteiger partial charge in [-0.3, -0.25) is 0 Å². The fourth-order valence-electron chi connectivity index (χ4n) is 2.75. The number of aryl methyl sites for hydroxylation is 1. The predicted octanol–water partition coefficient (Wildman–Crippen LogP) is 3.73. The zero-order valence-electron chi connectivity index (χ0n) is 11.3. The van der Waals surface area contributed by atoms with Gasteiger partial charge in [-0.1, -0.05) is 18.2 Å². The second-order valence-electron chi connectivity index (χ2n) is 5.37. The number of fused-ring (bicyclic) bond motifs is 1. The van der Waals surface area contributed by atoms with Crippen LogP contribution in [0.2, 0.25) is 0 Å². The lowest BCUT2D eigenvalue weighted by molar-refractivity contribution is 0.0755. The Kier molecular flexibility index (Phi) is 3.58. The predicted molar refractivity (Wildman–Crippen MR) is 74.1 cm³/mol. The molecule has 0 spiro atoms. The molecule has 3 nitrogen and oxygen atoms in total. The number of aliphatic hydroxyl groups excluding tert-OH is 1. The molecule has 19 heavy (non-hydrogen) atoms. The van der Waals surface area contributed by atoms with Crippen LogP contribution in [0.3, 0.4) is 0 Å².